The van der Waals surface area contributed by atoms with E-state index in [0.29, 0.717) is 17.7 Å². The zero-order valence-electron chi connectivity index (χ0n) is 11.2. The lowest BCUT2D eigenvalue weighted by atomic mass is 10.2. The third-order valence-corrected chi connectivity index (χ3v) is 2.97. The highest BCUT2D eigenvalue weighted by molar-refractivity contribution is 7.98. The van der Waals surface area contributed by atoms with E-state index in [4.69, 9.17) is 5.11 Å². The molecule has 2 amide bonds. The normalized spacial score (nSPS) is 11.5. The van der Waals surface area contributed by atoms with E-state index in [9.17, 15) is 14.4 Å². The number of thioether (sulfide) groups is 1. The molecule has 7 heteroatoms. The van der Waals surface area contributed by atoms with Gasteiger partial charge in [-0.2, -0.15) is 11.8 Å². The number of carbonyl (C=O) groups is 3. The Bertz CT molecular complexity index is 358. The first-order valence-electron chi connectivity index (χ1n) is 5.83. The standard InChI is InChI=1S/C12H20N2O4S/c1-8(2)10(15)4-6-13-12(18)14-9(11(16)17)5-7-19-3/h9H,1,4-7H2,2-3H3,(H,16,17)(H2,13,14,18)/t9-/m0/s1. The number of rotatable bonds is 9. The Morgan fingerprint density at radius 3 is 2.47 bits per heavy atom. The highest BCUT2D eigenvalue weighted by atomic mass is 32.2. The first-order valence-corrected chi connectivity index (χ1v) is 7.22. The molecule has 0 saturated carbocycles. The van der Waals surface area contributed by atoms with E-state index >= 15 is 0 Å². The maximum Gasteiger partial charge on any atom is 0.326 e. The van der Waals surface area contributed by atoms with Gasteiger partial charge in [0.25, 0.3) is 0 Å². The summed E-state index contributed by atoms with van der Waals surface area (Å²) >= 11 is 1.51. The van der Waals surface area contributed by atoms with Gasteiger partial charge in [0.15, 0.2) is 5.78 Å². The maximum absolute atomic E-state index is 11.4. The zero-order chi connectivity index (χ0) is 14.8. The molecule has 1 atom stereocenters. The monoisotopic (exact) mass is 288 g/mol. The lowest BCUT2D eigenvalue weighted by molar-refractivity contribution is -0.139. The first-order chi connectivity index (χ1) is 8.88. The molecule has 0 rings (SSSR count). The summed E-state index contributed by atoms with van der Waals surface area (Å²) in [6.45, 7) is 5.26. The molecule has 6 nitrogen and oxygen atoms in total. The number of urea groups is 1. The van der Waals surface area contributed by atoms with Crippen molar-refractivity contribution in [2.24, 2.45) is 0 Å². The molecule has 0 fully saturated rings. The number of carboxylic acids is 1. The lowest BCUT2D eigenvalue weighted by Crippen LogP contribution is -2.46. The number of allylic oxidation sites excluding steroid dienone is 1. The van der Waals surface area contributed by atoms with Crippen molar-refractivity contribution in [3.05, 3.63) is 12.2 Å². The smallest absolute Gasteiger partial charge is 0.326 e. The van der Waals surface area contributed by atoms with Crippen LogP contribution < -0.4 is 10.6 Å². The predicted molar refractivity (Wildman–Crippen MR) is 75.4 cm³/mol. The van der Waals surface area contributed by atoms with Gasteiger partial charge in [-0.15, -0.1) is 0 Å². The molecule has 0 aromatic heterocycles. The molecule has 19 heavy (non-hydrogen) atoms. The van der Waals surface area contributed by atoms with Crippen LogP contribution in [-0.2, 0) is 9.59 Å². The third-order valence-electron chi connectivity index (χ3n) is 2.33. The average Bonchev–Trinajstić information content (AvgIpc) is 2.33. The van der Waals surface area contributed by atoms with Crippen molar-refractivity contribution in [2.75, 3.05) is 18.6 Å². The van der Waals surface area contributed by atoms with E-state index in [1.807, 2.05) is 6.26 Å². The van der Waals surface area contributed by atoms with Gasteiger partial charge < -0.3 is 15.7 Å². The van der Waals surface area contributed by atoms with Gasteiger partial charge in [-0.25, -0.2) is 9.59 Å². The zero-order valence-corrected chi connectivity index (χ0v) is 12.0. The Kier molecular flexibility index (Phi) is 8.69. The number of carbonyl (C=O) groups excluding carboxylic acids is 2. The Balaban J connectivity index is 4.03. The Morgan fingerprint density at radius 2 is 2.00 bits per heavy atom. The minimum absolute atomic E-state index is 0.127. The maximum atomic E-state index is 11.4. The van der Waals surface area contributed by atoms with Crippen LogP contribution in [0.15, 0.2) is 12.2 Å². The highest BCUT2D eigenvalue weighted by Gasteiger charge is 2.19. The van der Waals surface area contributed by atoms with Gasteiger partial charge in [-0.05, 0) is 30.9 Å². The summed E-state index contributed by atoms with van der Waals surface area (Å²) < 4.78 is 0. The van der Waals surface area contributed by atoms with Gasteiger partial charge in [0.05, 0.1) is 0 Å². The average molecular weight is 288 g/mol. The van der Waals surface area contributed by atoms with Crippen molar-refractivity contribution in [3.8, 4) is 0 Å². The molecular weight excluding hydrogens is 268 g/mol. The second-order valence-corrected chi connectivity index (χ2v) is 5.01. The third kappa shape index (κ3) is 8.25. The van der Waals surface area contributed by atoms with Gasteiger partial charge >= 0.3 is 12.0 Å². The van der Waals surface area contributed by atoms with Crippen LogP contribution in [0.4, 0.5) is 4.79 Å². The molecule has 0 saturated heterocycles. The van der Waals surface area contributed by atoms with Crippen LogP contribution >= 0.6 is 11.8 Å². The second kappa shape index (κ2) is 9.43. The highest BCUT2D eigenvalue weighted by Crippen LogP contribution is 2.01. The quantitative estimate of drug-likeness (QED) is 0.551. The molecular formula is C12H20N2O4S. The van der Waals surface area contributed by atoms with Gasteiger partial charge in [0.1, 0.15) is 6.04 Å². The summed E-state index contributed by atoms with van der Waals surface area (Å²) in [5.74, 6) is -0.551. The second-order valence-electron chi connectivity index (χ2n) is 4.03. The fraction of sp³-hybridized carbons (Fsp3) is 0.583. The number of ketones is 1. The molecule has 0 radical (unpaired) electrons. The molecule has 108 valence electrons. The number of carboxylic acid groups (broad SMARTS) is 1. The van der Waals surface area contributed by atoms with Crippen LogP contribution in [0.2, 0.25) is 0 Å². The predicted octanol–water partition coefficient (Wildman–Crippen LogP) is 1.03. The number of hydrogen-bond donors (Lipinski definition) is 3. The molecule has 3 N–H and O–H groups in total. The molecule has 0 aliphatic heterocycles. The van der Waals surface area contributed by atoms with E-state index in [1.54, 1.807) is 6.92 Å². The minimum Gasteiger partial charge on any atom is -0.480 e. The number of hydrogen-bond acceptors (Lipinski definition) is 4. The summed E-state index contributed by atoms with van der Waals surface area (Å²) in [6.07, 6.45) is 2.38. The van der Waals surface area contributed by atoms with Crippen LogP contribution in [0.1, 0.15) is 19.8 Å². The van der Waals surface area contributed by atoms with Gasteiger partial charge in [0.2, 0.25) is 0 Å². The van der Waals surface area contributed by atoms with Crippen LogP contribution in [0.3, 0.4) is 0 Å². The van der Waals surface area contributed by atoms with Crippen LogP contribution in [0, 0.1) is 0 Å². The Labute approximate surface area is 117 Å². The van der Waals surface area contributed by atoms with E-state index in [0.717, 1.165) is 0 Å². The molecule has 0 bridgehead atoms. The lowest BCUT2D eigenvalue weighted by Gasteiger charge is -2.14. The molecule has 0 heterocycles. The summed E-state index contributed by atoms with van der Waals surface area (Å²) in [5.41, 5.74) is 0.436. The van der Waals surface area contributed by atoms with Crippen molar-refractivity contribution in [2.45, 2.75) is 25.8 Å². The summed E-state index contributed by atoms with van der Waals surface area (Å²) in [6, 6.07) is -1.49. The largest absolute Gasteiger partial charge is 0.480 e. The van der Waals surface area contributed by atoms with E-state index in [-0.39, 0.29) is 18.7 Å². The molecule has 0 aromatic rings. The SMILES string of the molecule is C=C(C)C(=O)CCNC(=O)N[C@@H](CCSC)C(=O)O. The van der Waals surface area contributed by atoms with Crippen LogP contribution in [-0.4, -0.2) is 47.5 Å². The van der Waals surface area contributed by atoms with Gasteiger partial charge in [0, 0.05) is 13.0 Å². The first kappa shape index (κ1) is 17.5. The molecule has 0 aliphatic rings. The van der Waals surface area contributed by atoms with Crippen molar-refractivity contribution >= 4 is 29.5 Å². The van der Waals surface area contributed by atoms with E-state index in [2.05, 4.69) is 17.2 Å². The topological polar surface area (TPSA) is 95.5 Å². The molecule has 0 aliphatic carbocycles. The number of amides is 2. The number of nitrogens with one attached hydrogen (secondary N) is 2. The fourth-order valence-electron chi connectivity index (χ4n) is 1.21. The summed E-state index contributed by atoms with van der Waals surface area (Å²) in [4.78, 5) is 33.6. The Hall–Kier alpha value is -1.50. The van der Waals surface area contributed by atoms with Crippen molar-refractivity contribution in [3.63, 3.8) is 0 Å². The van der Waals surface area contributed by atoms with E-state index < -0.39 is 18.0 Å². The summed E-state index contributed by atoms with van der Waals surface area (Å²) in [5, 5.41) is 13.7. The van der Waals surface area contributed by atoms with Crippen LogP contribution in [0.5, 0.6) is 0 Å². The van der Waals surface area contributed by atoms with Crippen molar-refractivity contribution < 1.29 is 19.5 Å². The van der Waals surface area contributed by atoms with Gasteiger partial charge in [-0.1, -0.05) is 6.58 Å². The minimum atomic E-state index is -1.07. The van der Waals surface area contributed by atoms with Gasteiger partial charge in [-0.3, -0.25) is 4.79 Å². The molecule has 0 unspecified atom stereocenters. The summed E-state index contributed by atoms with van der Waals surface area (Å²) in [7, 11) is 0. The fourth-order valence-corrected chi connectivity index (χ4v) is 1.68. The van der Waals surface area contributed by atoms with Crippen molar-refractivity contribution in [1.29, 1.82) is 0 Å². The van der Waals surface area contributed by atoms with Crippen LogP contribution in [0.25, 0.3) is 0 Å². The number of Topliss-reactive ketones (excluding diaryl/α,β-unsaturated/α-hetero) is 1. The van der Waals surface area contributed by atoms with Crippen molar-refractivity contribution in [1.82, 2.24) is 10.6 Å². The molecule has 0 spiro atoms. The number of aliphatic carboxylic acids is 1. The van der Waals surface area contributed by atoms with E-state index in [1.165, 1.54) is 11.8 Å². The molecule has 0 aromatic carbocycles. The Morgan fingerprint density at radius 1 is 1.37 bits per heavy atom.